The monoisotopic (exact) mass is 396 g/mol. The fourth-order valence-electron chi connectivity index (χ4n) is 3.17. The fraction of sp³-hybridized carbons (Fsp3) is 0.130. The van der Waals surface area contributed by atoms with Crippen molar-refractivity contribution in [1.82, 2.24) is 25.5 Å². The maximum absolute atomic E-state index is 11.9. The molecule has 0 spiro atoms. The highest BCUT2D eigenvalue weighted by atomic mass is 16.1. The molecular weight excluding hydrogens is 376 g/mol. The van der Waals surface area contributed by atoms with E-state index >= 15 is 0 Å². The van der Waals surface area contributed by atoms with Crippen LogP contribution in [-0.4, -0.2) is 32.1 Å². The van der Waals surface area contributed by atoms with Crippen LogP contribution in [0.5, 0.6) is 0 Å². The molecule has 3 N–H and O–H groups in total. The molecule has 1 fully saturated rings. The number of hydrogen-bond donors (Lipinski definition) is 3. The first-order valence-corrected chi connectivity index (χ1v) is 9.85. The van der Waals surface area contributed by atoms with Gasteiger partial charge in [-0.2, -0.15) is 5.10 Å². The molecule has 5 rings (SSSR count). The van der Waals surface area contributed by atoms with Gasteiger partial charge in [0.25, 0.3) is 0 Å². The lowest BCUT2D eigenvalue weighted by Crippen LogP contribution is -2.22. The molecule has 1 amide bonds. The lowest BCUT2D eigenvalue weighted by molar-refractivity contribution is -0.116. The van der Waals surface area contributed by atoms with Crippen LogP contribution in [0.3, 0.4) is 0 Å². The molecule has 1 aliphatic rings. The van der Waals surface area contributed by atoms with Crippen LogP contribution in [0.15, 0.2) is 67.0 Å². The van der Waals surface area contributed by atoms with Crippen molar-refractivity contribution >= 4 is 34.4 Å². The van der Waals surface area contributed by atoms with Crippen molar-refractivity contribution < 1.29 is 4.79 Å². The van der Waals surface area contributed by atoms with E-state index in [0.29, 0.717) is 17.7 Å². The van der Waals surface area contributed by atoms with Crippen LogP contribution in [0.1, 0.15) is 18.4 Å². The summed E-state index contributed by atoms with van der Waals surface area (Å²) < 4.78 is 0. The molecule has 0 unspecified atom stereocenters. The van der Waals surface area contributed by atoms with Crippen molar-refractivity contribution in [3.05, 3.63) is 72.6 Å². The molecule has 0 radical (unpaired) electrons. The van der Waals surface area contributed by atoms with E-state index in [1.165, 1.54) is 0 Å². The van der Waals surface area contributed by atoms with Crippen LogP contribution in [-0.2, 0) is 4.79 Å². The number of aromatic amines is 1. The average Bonchev–Trinajstić information content (AvgIpc) is 3.46. The largest absolute Gasteiger partial charge is 0.350 e. The first kappa shape index (κ1) is 18.1. The van der Waals surface area contributed by atoms with Crippen molar-refractivity contribution in [3.63, 3.8) is 0 Å². The number of hydrogen-bond acceptors (Lipinski definition) is 5. The number of nitrogens with zero attached hydrogens (tertiary/aromatic N) is 3. The number of nitrogens with one attached hydrogen (secondary N) is 3. The predicted molar refractivity (Wildman–Crippen MR) is 117 cm³/mol. The van der Waals surface area contributed by atoms with E-state index in [-0.39, 0.29) is 5.91 Å². The van der Waals surface area contributed by atoms with Crippen LogP contribution in [0.25, 0.3) is 28.4 Å². The molecule has 0 aliphatic heterocycles. The number of H-pyrrole nitrogens is 1. The topological polar surface area (TPSA) is 95.6 Å². The summed E-state index contributed by atoms with van der Waals surface area (Å²) in [6.45, 7) is 0. The zero-order chi connectivity index (χ0) is 20.3. The number of anilines is 2. The Kier molecular flexibility index (Phi) is 4.69. The average molecular weight is 396 g/mol. The molecule has 0 saturated heterocycles. The zero-order valence-corrected chi connectivity index (χ0v) is 16.2. The van der Waals surface area contributed by atoms with Gasteiger partial charge in [-0.05, 0) is 54.8 Å². The van der Waals surface area contributed by atoms with E-state index in [2.05, 4.69) is 30.8 Å². The van der Waals surface area contributed by atoms with Gasteiger partial charge >= 0.3 is 0 Å². The Balaban J connectivity index is 1.34. The first-order valence-electron chi connectivity index (χ1n) is 9.85. The Bertz CT molecular complexity index is 1240. The highest BCUT2D eigenvalue weighted by molar-refractivity contribution is 5.92. The van der Waals surface area contributed by atoms with Crippen molar-refractivity contribution in [2.75, 3.05) is 5.32 Å². The number of rotatable bonds is 6. The minimum Gasteiger partial charge on any atom is -0.350 e. The molecule has 2 aromatic carbocycles. The zero-order valence-electron chi connectivity index (χ0n) is 16.2. The molecule has 1 saturated carbocycles. The SMILES string of the molecule is O=C(/C=C/c1cccc(-c2nccc(Nc3ccc4[nH]ncc4c3)n2)c1)NC1CC1. The van der Waals surface area contributed by atoms with Crippen LogP contribution in [0, 0.1) is 0 Å². The van der Waals surface area contributed by atoms with Gasteiger partial charge in [0.05, 0.1) is 11.7 Å². The van der Waals surface area contributed by atoms with Gasteiger partial charge in [0, 0.05) is 35.0 Å². The summed E-state index contributed by atoms with van der Waals surface area (Å²) in [6.07, 6.45) is 9.05. The Hall–Kier alpha value is -4.00. The number of amides is 1. The summed E-state index contributed by atoms with van der Waals surface area (Å²) >= 11 is 0. The quantitative estimate of drug-likeness (QED) is 0.427. The van der Waals surface area contributed by atoms with Gasteiger partial charge < -0.3 is 10.6 Å². The third-order valence-electron chi connectivity index (χ3n) is 4.86. The molecule has 7 nitrogen and oxygen atoms in total. The molecule has 2 heterocycles. The second-order valence-corrected chi connectivity index (χ2v) is 7.30. The minimum absolute atomic E-state index is 0.0556. The second-order valence-electron chi connectivity index (χ2n) is 7.30. The molecular formula is C23H20N6O. The highest BCUT2D eigenvalue weighted by Gasteiger charge is 2.22. The second kappa shape index (κ2) is 7.79. The Labute approximate surface area is 173 Å². The number of carbonyl (C=O) groups is 1. The summed E-state index contributed by atoms with van der Waals surface area (Å²) in [7, 11) is 0. The van der Waals surface area contributed by atoms with E-state index < -0.39 is 0 Å². The molecule has 30 heavy (non-hydrogen) atoms. The summed E-state index contributed by atoms with van der Waals surface area (Å²) in [5.74, 6) is 1.26. The minimum atomic E-state index is -0.0556. The predicted octanol–water partition coefficient (Wildman–Crippen LogP) is 4.06. The lowest BCUT2D eigenvalue weighted by Gasteiger charge is -2.08. The third-order valence-corrected chi connectivity index (χ3v) is 4.86. The molecule has 0 atom stereocenters. The molecule has 4 aromatic rings. The van der Waals surface area contributed by atoms with Gasteiger partial charge in [0.2, 0.25) is 5.91 Å². The number of fused-ring (bicyclic) bond motifs is 1. The standard InChI is InChI=1S/C23H20N6O/c30-22(27-18-5-6-18)9-4-15-2-1-3-16(12-15)23-24-11-10-21(28-23)26-19-7-8-20-17(13-19)14-25-29-20/h1-4,7-14,18H,5-6H2,(H,25,29)(H,27,30)(H,24,26,28)/b9-4+. The Morgan fingerprint density at radius 3 is 2.97 bits per heavy atom. The number of benzene rings is 2. The van der Waals surface area contributed by atoms with Crippen molar-refractivity contribution in [2.45, 2.75) is 18.9 Å². The number of aromatic nitrogens is 4. The summed E-state index contributed by atoms with van der Waals surface area (Å²) in [6, 6.07) is 16.0. The van der Waals surface area contributed by atoms with Gasteiger partial charge in [-0.1, -0.05) is 18.2 Å². The molecule has 2 aromatic heterocycles. The van der Waals surface area contributed by atoms with Crippen molar-refractivity contribution in [2.24, 2.45) is 0 Å². The van der Waals surface area contributed by atoms with E-state index in [1.54, 1.807) is 18.5 Å². The fourth-order valence-corrected chi connectivity index (χ4v) is 3.17. The van der Waals surface area contributed by atoms with Crippen LogP contribution in [0.2, 0.25) is 0 Å². The van der Waals surface area contributed by atoms with Gasteiger partial charge in [-0.25, -0.2) is 9.97 Å². The Morgan fingerprint density at radius 2 is 2.07 bits per heavy atom. The van der Waals surface area contributed by atoms with Gasteiger partial charge in [-0.3, -0.25) is 9.89 Å². The molecule has 7 heteroatoms. The Morgan fingerprint density at radius 1 is 1.13 bits per heavy atom. The van der Waals surface area contributed by atoms with Crippen LogP contribution >= 0.6 is 0 Å². The molecule has 1 aliphatic carbocycles. The summed E-state index contributed by atoms with van der Waals surface area (Å²) in [4.78, 5) is 20.9. The lowest BCUT2D eigenvalue weighted by atomic mass is 10.1. The van der Waals surface area contributed by atoms with Crippen molar-refractivity contribution in [3.8, 4) is 11.4 Å². The number of carbonyl (C=O) groups excluding carboxylic acids is 1. The smallest absolute Gasteiger partial charge is 0.244 e. The van der Waals surface area contributed by atoms with Gasteiger partial charge in [0.15, 0.2) is 5.82 Å². The van der Waals surface area contributed by atoms with Crippen LogP contribution < -0.4 is 10.6 Å². The maximum atomic E-state index is 11.9. The molecule has 0 bridgehead atoms. The van der Waals surface area contributed by atoms with Crippen LogP contribution in [0.4, 0.5) is 11.5 Å². The van der Waals surface area contributed by atoms with Gasteiger partial charge in [0.1, 0.15) is 5.82 Å². The van der Waals surface area contributed by atoms with E-state index in [4.69, 9.17) is 0 Å². The summed E-state index contributed by atoms with van der Waals surface area (Å²) in [5.41, 5.74) is 3.71. The van der Waals surface area contributed by atoms with E-state index in [9.17, 15) is 4.79 Å². The third kappa shape index (κ3) is 4.20. The summed E-state index contributed by atoms with van der Waals surface area (Å²) in [5, 5.41) is 14.3. The van der Waals surface area contributed by atoms with Gasteiger partial charge in [-0.15, -0.1) is 0 Å². The van der Waals surface area contributed by atoms with E-state index in [1.807, 2.05) is 54.6 Å². The maximum Gasteiger partial charge on any atom is 0.244 e. The first-order chi connectivity index (χ1) is 14.7. The highest BCUT2D eigenvalue weighted by Crippen LogP contribution is 2.23. The van der Waals surface area contributed by atoms with Crippen molar-refractivity contribution in [1.29, 1.82) is 0 Å². The molecule has 148 valence electrons. The normalized spacial score (nSPS) is 13.6. The van der Waals surface area contributed by atoms with E-state index in [0.717, 1.165) is 40.6 Å².